The van der Waals surface area contributed by atoms with Gasteiger partial charge in [-0.2, -0.15) is 5.26 Å². The van der Waals surface area contributed by atoms with Crippen LogP contribution in [-0.4, -0.2) is 5.11 Å². The summed E-state index contributed by atoms with van der Waals surface area (Å²) in [7, 11) is 0. The molecule has 0 saturated carbocycles. The zero-order valence-corrected chi connectivity index (χ0v) is 10.1. The van der Waals surface area contributed by atoms with Gasteiger partial charge in [0.25, 0.3) is 0 Å². The average Bonchev–Trinajstić information content (AvgIpc) is 2.46. The Labute approximate surface area is 107 Å². The maximum absolute atomic E-state index is 10.0. The summed E-state index contributed by atoms with van der Waals surface area (Å²) in [6, 6.07) is 19.3. The molecule has 1 N–H and O–H groups in total. The van der Waals surface area contributed by atoms with Gasteiger partial charge in [0.1, 0.15) is 0 Å². The van der Waals surface area contributed by atoms with Gasteiger partial charge in [0, 0.05) is 0 Å². The molecule has 0 aliphatic carbocycles. The van der Waals surface area contributed by atoms with Crippen molar-refractivity contribution in [2.75, 3.05) is 0 Å². The van der Waals surface area contributed by atoms with Gasteiger partial charge in [0.2, 0.25) is 0 Å². The quantitative estimate of drug-likeness (QED) is 0.887. The minimum atomic E-state index is -0.429. The lowest BCUT2D eigenvalue weighted by atomic mass is 10.0. The van der Waals surface area contributed by atoms with Crippen molar-refractivity contribution in [3.05, 3.63) is 71.3 Å². The van der Waals surface area contributed by atoms with Crippen LogP contribution in [0.4, 0.5) is 0 Å². The minimum absolute atomic E-state index is 0.429. The first-order valence-corrected chi connectivity index (χ1v) is 6.01. The Morgan fingerprint density at radius 1 is 1.00 bits per heavy atom. The topological polar surface area (TPSA) is 44.0 Å². The van der Waals surface area contributed by atoms with Gasteiger partial charge < -0.3 is 5.11 Å². The standard InChI is InChI=1S/C16H15NO/c17-12-14-8-6-13(7-9-14)10-11-16(18)15-4-2-1-3-5-15/h1-9,16,18H,10-11H2. The van der Waals surface area contributed by atoms with Crippen molar-refractivity contribution in [3.8, 4) is 6.07 Å². The predicted molar refractivity (Wildman–Crippen MR) is 70.9 cm³/mol. The highest BCUT2D eigenvalue weighted by molar-refractivity contribution is 5.31. The summed E-state index contributed by atoms with van der Waals surface area (Å²) in [6.45, 7) is 0. The van der Waals surface area contributed by atoms with Gasteiger partial charge >= 0.3 is 0 Å². The summed E-state index contributed by atoms with van der Waals surface area (Å²) < 4.78 is 0. The van der Waals surface area contributed by atoms with Crippen LogP contribution in [0.2, 0.25) is 0 Å². The molecule has 0 amide bonds. The van der Waals surface area contributed by atoms with Gasteiger partial charge in [-0.05, 0) is 36.1 Å². The summed E-state index contributed by atoms with van der Waals surface area (Å²) >= 11 is 0. The van der Waals surface area contributed by atoms with E-state index in [1.165, 1.54) is 0 Å². The van der Waals surface area contributed by atoms with Crippen molar-refractivity contribution in [1.82, 2.24) is 0 Å². The molecule has 18 heavy (non-hydrogen) atoms. The third kappa shape index (κ3) is 3.19. The Morgan fingerprint density at radius 3 is 2.28 bits per heavy atom. The number of nitrogens with zero attached hydrogens (tertiary/aromatic N) is 1. The maximum Gasteiger partial charge on any atom is 0.0991 e. The van der Waals surface area contributed by atoms with E-state index in [-0.39, 0.29) is 0 Å². The fraction of sp³-hybridized carbons (Fsp3) is 0.188. The molecule has 0 radical (unpaired) electrons. The van der Waals surface area contributed by atoms with Crippen LogP contribution in [0.25, 0.3) is 0 Å². The molecule has 2 rings (SSSR count). The van der Waals surface area contributed by atoms with Gasteiger partial charge in [-0.25, -0.2) is 0 Å². The molecule has 2 aromatic rings. The second-order valence-corrected chi connectivity index (χ2v) is 4.27. The highest BCUT2D eigenvalue weighted by atomic mass is 16.3. The van der Waals surface area contributed by atoms with Gasteiger partial charge in [0.05, 0.1) is 17.7 Å². The number of hydrogen-bond donors (Lipinski definition) is 1. The van der Waals surface area contributed by atoms with Crippen LogP contribution in [0.3, 0.4) is 0 Å². The molecule has 0 saturated heterocycles. The summed E-state index contributed by atoms with van der Waals surface area (Å²) in [5.74, 6) is 0. The molecule has 2 heteroatoms. The molecule has 0 fully saturated rings. The van der Waals surface area contributed by atoms with E-state index in [9.17, 15) is 5.11 Å². The van der Waals surface area contributed by atoms with Gasteiger partial charge in [-0.3, -0.25) is 0 Å². The average molecular weight is 237 g/mol. The fourth-order valence-corrected chi connectivity index (χ4v) is 1.89. The van der Waals surface area contributed by atoms with E-state index < -0.39 is 6.10 Å². The summed E-state index contributed by atoms with van der Waals surface area (Å²) in [6.07, 6.45) is 1.07. The first-order valence-electron chi connectivity index (χ1n) is 6.01. The SMILES string of the molecule is N#Cc1ccc(CCC(O)c2ccccc2)cc1. The lowest BCUT2D eigenvalue weighted by Crippen LogP contribution is -1.99. The molecular formula is C16H15NO. The maximum atomic E-state index is 10.0. The highest BCUT2D eigenvalue weighted by Crippen LogP contribution is 2.18. The van der Waals surface area contributed by atoms with Crippen molar-refractivity contribution in [3.63, 3.8) is 0 Å². The van der Waals surface area contributed by atoms with E-state index in [0.717, 1.165) is 17.5 Å². The summed E-state index contributed by atoms with van der Waals surface area (Å²) in [4.78, 5) is 0. The summed E-state index contributed by atoms with van der Waals surface area (Å²) in [5, 5.41) is 18.7. The van der Waals surface area contributed by atoms with Crippen LogP contribution >= 0.6 is 0 Å². The Balaban J connectivity index is 1.93. The van der Waals surface area contributed by atoms with Crippen LogP contribution in [0.1, 0.15) is 29.2 Å². The molecule has 0 heterocycles. The van der Waals surface area contributed by atoms with Crippen molar-refractivity contribution in [1.29, 1.82) is 5.26 Å². The molecule has 90 valence electrons. The molecule has 0 aromatic heterocycles. The number of benzene rings is 2. The van der Waals surface area contributed by atoms with Gasteiger partial charge in [-0.1, -0.05) is 42.5 Å². The number of nitriles is 1. The smallest absolute Gasteiger partial charge is 0.0991 e. The Bertz CT molecular complexity index is 525. The van der Waals surface area contributed by atoms with E-state index in [4.69, 9.17) is 5.26 Å². The molecular weight excluding hydrogens is 222 g/mol. The molecule has 0 spiro atoms. The number of hydrogen-bond acceptors (Lipinski definition) is 2. The minimum Gasteiger partial charge on any atom is -0.388 e. The molecule has 2 nitrogen and oxygen atoms in total. The highest BCUT2D eigenvalue weighted by Gasteiger charge is 2.06. The van der Waals surface area contributed by atoms with Crippen LogP contribution in [-0.2, 0) is 6.42 Å². The summed E-state index contributed by atoms with van der Waals surface area (Å²) in [5.41, 5.74) is 2.76. The van der Waals surface area contributed by atoms with E-state index in [0.29, 0.717) is 12.0 Å². The van der Waals surface area contributed by atoms with Crippen LogP contribution in [0, 0.1) is 11.3 Å². The van der Waals surface area contributed by atoms with E-state index >= 15 is 0 Å². The number of rotatable bonds is 4. The first-order chi connectivity index (χ1) is 8.79. The van der Waals surface area contributed by atoms with Crippen molar-refractivity contribution < 1.29 is 5.11 Å². The lowest BCUT2D eigenvalue weighted by molar-refractivity contribution is 0.168. The third-order valence-electron chi connectivity index (χ3n) is 2.97. The fourth-order valence-electron chi connectivity index (χ4n) is 1.89. The van der Waals surface area contributed by atoms with Crippen LogP contribution in [0.5, 0.6) is 0 Å². The Hall–Kier alpha value is -2.11. The third-order valence-corrected chi connectivity index (χ3v) is 2.97. The van der Waals surface area contributed by atoms with E-state index in [1.54, 1.807) is 0 Å². The van der Waals surface area contributed by atoms with Gasteiger partial charge in [-0.15, -0.1) is 0 Å². The number of aliphatic hydroxyl groups excluding tert-OH is 1. The molecule has 2 aromatic carbocycles. The molecule has 1 atom stereocenters. The molecule has 0 aliphatic heterocycles. The molecule has 1 unspecified atom stereocenters. The van der Waals surface area contributed by atoms with Crippen molar-refractivity contribution in [2.24, 2.45) is 0 Å². The van der Waals surface area contributed by atoms with Crippen molar-refractivity contribution >= 4 is 0 Å². The second kappa shape index (κ2) is 6.00. The number of aryl methyl sites for hydroxylation is 1. The van der Waals surface area contributed by atoms with Crippen molar-refractivity contribution in [2.45, 2.75) is 18.9 Å². The lowest BCUT2D eigenvalue weighted by Gasteiger charge is -2.10. The zero-order chi connectivity index (χ0) is 12.8. The largest absolute Gasteiger partial charge is 0.388 e. The zero-order valence-electron chi connectivity index (χ0n) is 10.1. The van der Waals surface area contributed by atoms with Crippen LogP contribution in [0.15, 0.2) is 54.6 Å². The molecule has 0 bridgehead atoms. The first kappa shape index (κ1) is 12.3. The molecule has 0 aliphatic rings. The van der Waals surface area contributed by atoms with E-state index in [2.05, 4.69) is 6.07 Å². The second-order valence-electron chi connectivity index (χ2n) is 4.27. The Kier molecular flexibility index (Phi) is 4.11. The number of aliphatic hydroxyl groups is 1. The normalized spacial score (nSPS) is 11.8. The van der Waals surface area contributed by atoms with Gasteiger partial charge in [0.15, 0.2) is 0 Å². The predicted octanol–water partition coefficient (Wildman–Crippen LogP) is 3.22. The van der Waals surface area contributed by atoms with E-state index in [1.807, 2.05) is 54.6 Å². The Morgan fingerprint density at radius 2 is 1.67 bits per heavy atom. The monoisotopic (exact) mass is 237 g/mol. The van der Waals surface area contributed by atoms with Crippen LogP contribution < -0.4 is 0 Å².